The fraction of sp³-hybridized carbons (Fsp3) is 0.536. The first kappa shape index (κ1) is 25.7. The molecule has 1 aliphatic heterocycles. The Hall–Kier alpha value is -2.89. The van der Waals surface area contributed by atoms with Gasteiger partial charge in [0.2, 0.25) is 0 Å². The lowest BCUT2D eigenvalue weighted by atomic mass is 9.93. The first-order valence-corrected chi connectivity index (χ1v) is 12.9. The zero-order valence-corrected chi connectivity index (χ0v) is 20.4. The van der Waals surface area contributed by atoms with E-state index in [4.69, 9.17) is 5.11 Å². The number of nitrogens with one attached hydrogen (secondary N) is 1. The van der Waals surface area contributed by atoms with Crippen LogP contribution in [0.5, 0.6) is 0 Å². The molecule has 0 radical (unpaired) electrons. The Bertz CT molecular complexity index is 979. The summed E-state index contributed by atoms with van der Waals surface area (Å²) in [5.74, 6) is -1.63. The van der Waals surface area contributed by atoms with Gasteiger partial charge < -0.3 is 10.4 Å². The Kier molecular flexibility index (Phi) is 9.92. The first-order valence-electron chi connectivity index (χ1n) is 12.9. The van der Waals surface area contributed by atoms with E-state index in [0.717, 1.165) is 24.0 Å². The van der Waals surface area contributed by atoms with Gasteiger partial charge in [-0.05, 0) is 31.0 Å². The van der Waals surface area contributed by atoms with Gasteiger partial charge in [0.15, 0.2) is 0 Å². The number of nitrogens with zero attached hydrogens (tertiary/aromatic N) is 1. The highest BCUT2D eigenvalue weighted by atomic mass is 16.4. The minimum atomic E-state index is -0.933. The standard InChI is InChI=1S/C28H38N2O4/c1-2-3-4-5-6-7-8-9-10-11-19-29-24-18-17-23-26-21(24)14-12-15-22(26)27(33)30(28(23)34)20-13-16-25(31)32/h12,14-15,17-18,29H,2-11,13,16,19-20H2,1H3,(H,31,32). The van der Waals surface area contributed by atoms with E-state index in [1.54, 1.807) is 12.1 Å². The van der Waals surface area contributed by atoms with Gasteiger partial charge in [-0.1, -0.05) is 76.8 Å². The van der Waals surface area contributed by atoms with Crippen molar-refractivity contribution in [2.45, 2.75) is 84.0 Å². The number of carboxylic acid groups (broad SMARTS) is 1. The van der Waals surface area contributed by atoms with Gasteiger partial charge >= 0.3 is 5.97 Å². The molecule has 2 aromatic rings. The van der Waals surface area contributed by atoms with Gasteiger partial charge in [-0.15, -0.1) is 0 Å². The first-order chi connectivity index (χ1) is 16.5. The largest absolute Gasteiger partial charge is 0.481 e. The molecule has 0 fully saturated rings. The van der Waals surface area contributed by atoms with Crippen LogP contribution in [0.25, 0.3) is 10.8 Å². The van der Waals surface area contributed by atoms with E-state index in [1.165, 1.54) is 62.7 Å². The van der Waals surface area contributed by atoms with Crippen molar-refractivity contribution < 1.29 is 19.5 Å². The van der Waals surface area contributed by atoms with Crippen LogP contribution in [0.2, 0.25) is 0 Å². The summed E-state index contributed by atoms with van der Waals surface area (Å²) in [5.41, 5.74) is 1.95. The molecule has 0 unspecified atom stereocenters. The van der Waals surface area contributed by atoms with E-state index >= 15 is 0 Å². The average molecular weight is 467 g/mol. The number of benzene rings is 2. The molecular weight excluding hydrogens is 428 g/mol. The molecule has 2 aromatic carbocycles. The molecule has 0 aromatic heterocycles. The van der Waals surface area contributed by atoms with Gasteiger partial charge in [-0.3, -0.25) is 19.3 Å². The molecule has 0 saturated heterocycles. The highest BCUT2D eigenvalue weighted by Gasteiger charge is 2.32. The van der Waals surface area contributed by atoms with Gasteiger partial charge in [0.05, 0.1) is 0 Å². The predicted molar refractivity (Wildman–Crippen MR) is 137 cm³/mol. The average Bonchev–Trinajstić information content (AvgIpc) is 2.83. The zero-order valence-electron chi connectivity index (χ0n) is 20.4. The smallest absolute Gasteiger partial charge is 0.303 e. The van der Waals surface area contributed by atoms with Crippen molar-refractivity contribution in [2.75, 3.05) is 18.4 Å². The van der Waals surface area contributed by atoms with Crippen molar-refractivity contribution in [3.05, 3.63) is 41.5 Å². The Balaban J connectivity index is 1.54. The molecule has 6 heteroatoms. The lowest BCUT2D eigenvalue weighted by Gasteiger charge is -2.27. The van der Waals surface area contributed by atoms with Gasteiger partial charge in [0, 0.05) is 47.1 Å². The lowest BCUT2D eigenvalue weighted by molar-refractivity contribution is -0.137. The van der Waals surface area contributed by atoms with Crippen molar-refractivity contribution in [3.8, 4) is 0 Å². The van der Waals surface area contributed by atoms with E-state index in [9.17, 15) is 14.4 Å². The van der Waals surface area contributed by atoms with Crippen molar-refractivity contribution in [1.82, 2.24) is 4.90 Å². The van der Waals surface area contributed by atoms with E-state index in [0.29, 0.717) is 16.5 Å². The molecule has 0 aliphatic carbocycles. The molecule has 1 heterocycles. The number of rotatable bonds is 16. The number of aliphatic carboxylic acids is 1. The molecule has 0 spiro atoms. The van der Waals surface area contributed by atoms with Gasteiger partial charge in [-0.25, -0.2) is 0 Å². The van der Waals surface area contributed by atoms with Crippen LogP contribution in [0.1, 0.15) is 105 Å². The van der Waals surface area contributed by atoms with Gasteiger partial charge in [-0.2, -0.15) is 0 Å². The molecule has 0 bridgehead atoms. The van der Waals surface area contributed by atoms with E-state index in [-0.39, 0.29) is 31.2 Å². The molecular formula is C28H38N2O4. The Morgan fingerprint density at radius 1 is 0.824 bits per heavy atom. The van der Waals surface area contributed by atoms with Crippen LogP contribution < -0.4 is 5.32 Å². The summed E-state index contributed by atoms with van der Waals surface area (Å²) in [6, 6.07) is 9.24. The summed E-state index contributed by atoms with van der Waals surface area (Å²) in [5, 5.41) is 13.9. The number of carboxylic acids is 1. The monoisotopic (exact) mass is 466 g/mol. The van der Waals surface area contributed by atoms with Crippen molar-refractivity contribution in [1.29, 1.82) is 0 Å². The topological polar surface area (TPSA) is 86.7 Å². The third-order valence-corrected chi connectivity index (χ3v) is 6.61. The molecule has 2 N–H and O–H groups in total. The Morgan fingerprint density at radius 3 is 2.09 bits per heavy atom. The van der Waals surface area contributed by atoms with Gasteiger partial charge in [0.1, 0.15) is 0 Å². The van der Waals surface area contributed by atoms with Crippen LogP contribution in [0, 0.1) is 0 Å². The van der Waals surface area contributed by atoms with Crippen LogP contribution in [0.3, 0.4) is 0 Å². The molecule has 6 nitrogen and oxygen atoms in total. The van der Waals surface area contributed by atoms with E-state index in [2.05, 4.69) is 12.2 Å². The lowest BCUT2D eigenvalue weighted by Crippen LogP contribution is -2.41. The molecule has 0 saturated carbocycles. The number of anilines is 1. The molecule has 184 valence electrons. The minimum Gasteiger partial charge on any atom is -0.481 e. The second kappa shape index (κ2) is 13.1. The highest BCUT2D eigenvalue weighted by molar-refractivity contribution is 6.26. The number of carbonyl (C=O) groups excluding carboxylic acids is 2. The van der Waals surface area contributed by atoms with Crippen LogP contribution in [-0.2, 0) is 4.79 Å². The summed E-state index contributed by atoms with van der Waals surface area (Å²) in [6.45, 7) is 3.22. The summed E-state index contributed by atoms with van der Waals surface area (Å²) in [4.78, 5) is 38.0. The maximum atomic E-state index is 13.0. The fourth-order valence-electron chi connectivity index (χ4n) is 4.73. The number of unbranched alkanes of at least 4 members (excludes halogenated alkanes) is 9. The summed E-state index contributed by atoms with van der Waals surface area (Å²) >= 11 is 0. The van der Waals surface area contributed by atoms with Crippen LogP contribution >= 0.6 is 0 Å². The van der Waals surface area contributed by atoms with Gasteiger partial charge in [0.25, 0.3) is 11.8 Å². The number of imide groups is 1. The Labute approximate surface area is 202 Å². The Morgan fingerprint density at radius 2 is 1.44 bits per heavy atom. The fourth-order valence-corrected chi connectivity index (χ4v) is 4.73. The van der Waals surface area contributed by atoms with Crippen molar-refractivity contribution in [3.63, 3.8) is 0 Å². The normalized spacial score (nSPS) is 13.0. The quantitative estimate of drug-likeness (QED) is 0.214. The summed E-state index contributed by atoms with van der Waals surface area (Å²) < 4.78 is 0. The van der Waals surface area contributed by atoms with Crippen molar-refractivity contribution >= 4 is 34.2 Å². The SMILES string of the molecule is CCCCCCCCCCCCNc1ccc2c3c(cccc13)C(=O)N(CCCC(=O)O)C2=O. The van der Waals surface area contributed by atoms with E-state index < -0.39 is 5.97 Å². The molecule has 0 atom stereocenters. The second-order valence-electron chi connectivity index (χ2n) is 9.26. The number of amides is 2. The number of hydrogen-bond donors (Lipinski definition) is 2. The number of hydrogen-bond acceptors (Lipinski definition) is 4. The van der Waals surface area contributed by atoms with Crippen LogP contribution in [0.4, 0.5) is 5.69 Å². The number of carbonyl (C=O) groups is 3. The van der Waals surface area contributed by atoms with Crippen molar-refractivity contribution in [2.24, 2.45) is 0 Å². The predicted octanol–water partition coefficient (Wildman–Crippen LogP) is 6.63. The molecule has 1 aliphatic rings. The van der Waals surface area contributed by atoms with Crippen LogP contribution in [0.15, 0.2) is 30.3 Å². The molecule has 3 rings (SSSR count). The van der Waals surface area contributed by atoms with E-state index in [1.807, 2.05) is 18.2 Å². The summed E-state index contributed by atoms with van der Waals surface area (Å²) in [6.07, 6.45) is 13.1. The second-order valence-corrected chi connectivity index (χ2v) is 9.26. The van der Waals surface area contributed by atoms with Crippen LogP contribution in [-0.4, -0.2) is 40.9 Å². The molecule has 34 heavy (non-hydrogen) atoms. The third kappa shape index (κ3) is 6.58. The highest BCUT2D eigenvalue weighted by Crippen LogP contribution is 2.34. The molecule has 2 amide bonds. The summed E-state index contributed by atoms with van der Waals surface area (Å²) in [7, 11) is 0. The zero-order chi connectivity index (χ0) is 24.3. The minimum absolute atomic E-state index is 0.0735. The third-order valence-electron chi connectivity index (χ3n) is 6.61. The maximum Gasteiger partial charge on any atom is 0.303 e. The maximum absolute atomic E-state index is 13.0.